The van der Waals surface area contributed by atoms with Gasteiger partial charge in [-0.25, -0.2) is 4.79 Å². The molecule has 0 aliphatic heterocycles. The summed E-state index contributed by atoms with van der Waals surface area (Å²) in [5, 5.41) is 45.3. The number of hydrogen-bond donors (Lipinski definition) is 7. The molecule has 36 heavy (non-hydrogen) atoms. The number of amides is 3. The molecule has 11 nitrogen and oxygen atoms in total. The molecule has 0 radical (unpaired) electrons. The van der Waals surface area contributed by atoms with E-state index in [1.807, 2.05) is 0 Å². The Kier molecular flexibility index (Phi) is 21.3. The average molecular weight is 527 g/mol. The van der Waals surface area contributed by atoms with Crippen molar-refractivity contribution in [3.05, 3.63) is 0 Å². The standard InChI is InChI=1S/C24H45N3O8.Na/c1-5-6-7-8-9-10-11-12-13-14-18(31)25-19(15(2)28)22(32)26-20(16(3)29)23(33)27-21(17(4)30)24(34)35;/h15-17,19-21,28-30H,5-14H2,1-4H3,(H,25,31)(H,26,32)(H,27,33)(H,34,35);/q;+1. The van der Waals surface area contributed by atoms with Gasteiger partial charge in [-0.05, 0) is 27.2 Å². The smallest absolute Gasteiger partial charge is 0.480 e. The van der Waals surface area contributed by atoms with E-state index in [0.717, 1.165) is 19.3 Å². The molecular formula is C24H45N3NaO8+. The summed E-state index contributed by atoms with van der Waals surface area (Å²) in [5.74, 6) is -3.86. The largest absolute Gasteiger partial charge is 1.00 e. The fourth-order valence-corrected chi connectivity index (χ4v) is 3.53. The number of aliphatic carboxylic acids is 1. The van der Waals surface area contributed by atoms with Crippen molar-refractivity contribution in [3.63, 3.8) is 0 Å². The first kappa shape index (κ1) is 36.9. The number of carbonyl (C=O) groups excluding carboxylic acids is 3. The maximum absolute atomic E-state index is 12.7. The van der Waals surface area contributed by atoms with E-state index in [9.17, 15) is 34.5 Å². The molecule has 3 amide bonds. The molecule has 0 bridgehead atoms. The van der Waals surface area contributed by atoms with Crippen molar-refractivity contribution in [2.45, 2.75) is 128 Å². The quantitative estimate of drug-likeness (QED) is 0.0717. The first-order chi connectivity index (χ1) is 16.4. The Balaban J connectivity index is 0. The molecule has 0 spiro atoms. The minimum atomic E-state index is -1.65. The van der Waals surface area contributed by atoms with Crippen molar-refractivity contribution in [1.29, 1.82) is 0 Å². The molecule has 0 heterocycles. The van der Waals surface area contributed by atoms with Crippen LogP contribution in [0.25, 0.3) is 0 Å². The van der Waals surface area contributed by atoms with Crippen molar-refractivity contribution in [3.8, 4) is 0 Å². The Morgan fingerprint density at radius 2 is 0.972 bits per heavy atom. The molecule has 7 N–H and O–H groups in total. The SMILES string of the molecule is CCCCCCCCCCCC(=O)NC(C(=O)NC(C(=O)NC(C(=O)O)C(C)O)C(C)O)C(C)O.[Na+]. The summed E-state index contributed by atoms with van der Waals surface area (Å²) >= 11 is 0. The summed E-state index contributed by atoms with van der Waals surface area (Å²) in [6.45, 7) is 5.85. The fraction of sp³-hybridized carbons (Fsp3) is 0.833. The van der Waals surface area contributed by atoms with Gasteiger partial charge in [0.1, 0.15) is 12.1 Å². The van der Waals surface area contributed by atoms with Gasteiger partial charge in [0.05, 0.1) is 18.3 Å². The Hall–Kier alpha value is -1.24. The van der Waals surface area contributed by atoms with Crippen LogP contribution in [0.4, 0.5) is 0 Å². The minimum Gasteiger partial charge on any atom is -0.480 e. The molecule has 6 atom stereocenters. The number of hydrogen-bond acceptors (Lipinski definition) is 7. The van der Waals surface area contributed by atoms with Crippen LogP contribution in [0, 0.1) is 0 Å². The fourth-order valence-electron chi connectivity index (χ4n) is 3.53. The van der Waals surface area contributed by atoms with Gasteiger partial charge in [-0.2, -0.15) is 0 Å². The van der Waals surface area contributed by atoms with Gasteiger partial charge in [0.15, 0.2) is 6.04 Å². The van der Waals surface area contributed by atoms with Gasteiger partial charge in [-0.15, -0.1) is 0 Å². The van der Waals surface area contributed by atoms with Gasteiger partial charge >= 0.3 is 35.5 Å². The van der Waals surface area contributed by atoms with Crippen molar-refractivity contribution in [2.75, 3.05) is 0 Å². The Morgan fingerprint density at radius 3 is 1.36 bits per heavy atom. The summed E-state index contributed by atoms with van der Waals surface area (Å²) in [5.41, 5.74) is 0. The zero-order valence-electron chi connectivity index (χ0n) is 22.5. The second-order valence-corrected chi connectivity index (χ2v) is 9.16. The second kappa shape index (κ2) is 20.8. The summed E-state index contributed by atoms with van der Waals surface area (Å²) in [6.07, 6.45) is 5.83. The van der Waals surface area contributed by atoms with Crippen molar-refractivity contribution < 1.29 is 69.2 Å². The van der Waals surface area contributed by atoms with Crippen LogP contribution in [-0.2, 0) is 19.2 Å². The molecule has 0 aromatic rings. The molecule has 0 saturated carbocycles. The number of carbonyl (C=O) groups is 4. The van der Waals surface area contributed by atoms with Gasteiger partial charge in [0, 0.05) is 6.42 Å². The molecular weight excluding hydrogens is 481 g/mol. The molecule has 0 aliphatic rings. The third-order valence-electron chi connectivity index (χ3n) is 5.70. The van der Waals surface area contributed by atoms with Gasteiger partial charge in [0.25, 0.3) is 0 Å². The number of unbranched alkanes of at least 4 members (excludes halogenated alkanes) is 8. The van der Waals surface area contributed by atoms with Crippen LogP contribution in [-0.4, -0.2) is 80.6 Å². The zero-order chi connectivity index (χ0) is 27.0. The van der Waals surface area contributed by atoms with Crippen molar-refractivity contribution >= 4 is 23.7 Å². The number of rotatable bonds is 19. The van der Waals surface area contributed by atoms with Crippen LogP contribution in [0.1, 0.15) is 91.9 Å². The first-order valence-corrected chi connectivity index (χ1v) is 12.6. The zero-order valence-corrected chi connectivity index (χ0v) is 24.5. The van der Waals surface area contributed by atoms with E-state index in [1.165, 1.54) is 52.9 Å². The molecule has 0 aromatic heterocycles. The van der Waals surface area contributed by atoms with Crippen LogP contribution in [0.2, 0.25) is 0 Å². The van der Waals surface area contributed by atoms with E-state index >= 15 is 0 Å². The molecule has 0 aliphatic carbocycles. The van der Waals surface area contributed by atoms with E-state index in [2.05, 4.69) is 22.9 Å². The van der Waals surface area contributed by atoms with E-state index in [-0.39, 0.29) is 36.0 Å². The average Bonchev–Trinajstić information content (AvgIpc) is 2.77. The Bertz CT molecular complexity index is 661. The number of carboxylic acid groups (broad SMARTS) is 1. The normalized spacial score (nSPS) is 15.9. The molecule has 0 aromatic carbocycles. The number of nitrogens with one attached hydrogen (secondary N) is 3. The third-order valence-corrected chi connectivity index (χ3v) is 5.70. The van der Waals surface area contributed by atoms with Gasteiger partial charge in [-0.3, -0.25) is 14.4 Å². The summed E-state index contributed by atoms with van der Waals surface area (Å²) in [7, 11) is 0. The predicted octanol–water partition coefficient (Wildman–Crippen LogP) is -2.41. The van der Waals surface area contributed by atoms with E-state index in [0.29, 0.717) is 6.42 Å². The van der Waals surface area contributed by atoms with Gasteiger partial charge < -0.3 is 36.4 Å². The molecule has 0 fully saturated rings. The molecule has 12 heteroatoms. The van der Waals surface area contributed by atoms with Crippen molar-refractivity contribution in [2.24, 2.45) is 0 Å². The van der Waals surface area contributed by atoms with E-state index in [1.54, 1.807) is 0 Å². The third kappa shape index (κ3) is 15.8. The second-order valence-electron chi connectivity index (χ2n) is 9.16. The Labute approximate surface area is 236 Å². The molecule has 0 saturated heterocycles. The number of aliphatic hydroxyl groups excluding tert-OH is 3. The first-order valence-electron chi connectivity index (χ1n) is 12.6. The van der Waals surface area contributed by atoms with Gasteiger partial charge in [-0.1, -0.05) is 58.3 Å². The summed E-state index contributed by atoms with van der Waals surface area (Å²) in [4.78, 5) is 48.6. The van der Waals surface area contributed by atoms with E-state index < -0.39 is 60.1 Å². The van der Waals surface area contributed by atoms with Crippen molar-refractivity contribution in [1.82, 2.24) is 16.0 Å². The van der Waals surface area contributed by atoms with Crippen LogP contribution in [0.3, 0.4) is 0 Å². The molecule has 0 rings (SSSR count). The van der Waals surface area contributed by atoms with Crippen LogP contribution in [0.5, 0.6) is 0 Å². The van der Waals surface area contributed by atoms with Crippen LogP contribution >= 0.6 is 0 Å². The maximum atomic E-state index is 12.7. The number of aliphatic hydroxyl groups is 3. The minimum absolute atomic E-state index is 0. The van der Waals surface area contributed by atoms with Crippen LogP contribution < -0.4 is 45.5 Å². The molecule has 6 unspecified atom stereocenters. The number of carboxylic acids is 1. The Morgan fingerprint density at radius 1 is 0.611 bits per heavy atom. The topological polar surface area (TPSA) is 185 Å². The summed E-state index contributed by atoms with van der Waals surface area (Å²) < 4.78 is 0. The monoisotopic (exact) mass is 526 g/mol. The van der Waals surface area contributed by atoms with Gasteiger partial charge in [0.2, 0.25) is 17.7 Å². The molecule has 204 valence electrons. The van der Waals surface area contributed by atoms with E-state index in [4.69, 9.17) is 5.11 Å². The summed E-state index contributed by atoms with van der Waals surface area (Å²) in [6, 6.07) is -4.59. The maximum Gasteiger partial charge on any atom is 1.00 e. The van der Waals surface area contributed by atoms with Crippen LogP contribution in [0.15, 0.2) is 0 Å². The predicted molar refractivity (Wildman–Crippen MR) is 130 cm³/mol.